The molecule has 0 bridgehead atoms. The third-order valence-electron chi connectivity index (χ3n) is 4.02. The normalized spacial score (nSPS) is 22.6. The summed E-state index contributed by atoms with van der Waals surface area (Å²) in [6.07, 6.45) is 4.64. The van der Waals surface area contributed by atoms with Crippen LogP contribution in [0.3, 0.4) is 0 Å². The Morgan fingerprint density at radius 1 is 1.14 bits per heavy atom. The van der Waals surface area contributed by atoms with Crippen LogP contribution in [0.2, 0.25) is 0 Å². The zero-order valence-electron chi connectivity index (χ0n) is 12.4. The molecule has 1 aromatic rings. The second-order valence-electron chi connectivity index (χ2n) is 5.63. The average Bonchev–Trinajstić information content (AvgIpc) is 2.47. The number of carboxylic acids is 1. The molecule has 4 heteroatoms. The third kappa shape index (κ3) is 3.72. The summed E-state index contributed by atoms with van der Waals surface area (Å²) in [5, 5.41) is 12.2. The molecule has 0 fully saturated rings. The van der Waals surface area contributed by atoms with E-state index in [4.69, 9.17) is 0 Å². The highest BCUT2D eigenvalue weighted by molar-refractivity contribution is 5.85. The first-order chi connectivity index (χ1) is 9.99. The molecule has 21 heavy (non-hydrogen) atoms. The van der Waals surface area contributed by atoms with E-state index in [1.165, 1.54) is 5.56 Å². The summed E-state index contributed by atoms with van der Waals surface area (Å²) in [6, 6.07) is 7.84. The van der Waals surface area contributed by atoms with Crippen LogP contribution in [0.15, 0.2) is 36.4 Å². The summed E-state index contributed by atoms with van der Waals surface area (Å²) in [7, 11) is 0. The fourth-order valence-corrected chi connectivity index (χ4v) is 2.64. The van der Waals surface area contributed by atoms with Crippen molar-refractivity contribution in [1.82, 2.24) is 5.32 Å². The SMILES string of the molecule is Cc1ccc([C@H](C)NC(=O)[C@@H]2CC=CC[C@H]2C(=O)O)cc1. The molecular weight excluding hydrogens is 266 g/mol. The van der Waals surface area contributed by atoms with E-state index in [0.29, 0.717) is 12.8 Å². The van der Waals surface area contributed by atoms with Gasteiger partial charge in [0.25, 0.3) is 0 Å². The van der Waals surface area contributed by atoms with E-state index in [2.05, 4.69) is 5.32 Å². The summed E-state index contributed by atoms with van der Waals surface area (Å²) < 4.78 is 0. The highest BCUT2D eigenvalue weighted by Crippen LogP contribution is 2.27. The zero-order valence-corrected chi connectivity index (χ0v) is 12.4. The van der Waals surface area contributed by atoms with E-state index in [1.54, 1.807) is 0 Å². The van der Waals surface area contributed by atoms with Crippen molar-refractivity contribution in [3.05, 3.63) is 47.5 Å². The number of nitrogens with one attached hydrogen (secondary N) is 1. The van der Waals surface area contributed by atoms with Gasteiger partial charge in [-0.1, -0.05) is 42.0 Å². The van der Waals surface area contributed by atoms with Crippen LogP contribution in [-0.4, -0.2) is 17.0 Å². The van der Waals surface area contributed by atoms with Crippen LogP contribution in [-0.2, 0) is 9.59 Å². The van der Waals surface area contributed by atoms with E-state index >= 15 is 0 Å². The topological polar surface area (TPSA) is 66.4 Å². The van der Waals surface area contributed by atoms with Gasteiger partial charge in [-0.25, -0.2) is 0 Å². The molecule has 1 aromatic carbocycles. The van der Waals surface area contributed by atoms with Gasteiger partial charge in [-0.2, -0.15) is 0 Å². The fourth-order valence-electron chi connectivity index (χ4n) is 2.64. The van der Waals surface area contributed by atoms with Crippen LogP contribution in [0.5, 0.6) is 0 Å². The number of aryl methyl sites for hydroxylation is 1. The molecule has 0 spiro atoms. The van der Waals surface area contributed by atoms with Gasteiger partial charge in [0.2, 0.25) is 5.91 Å². The molecule has 0 saturated carbocycles. The van der Waals surface area contributed by atoms with Gasteiger partial charge in [0.15, 0.2) is 0 Å². The summed E-state index contributed by atoms with van der Waals surface area (Å²) in [6.45, 7) is 3.93. The van der Waals surface area contributed by atoms with Crippen molar-refractivity contribution in [3.63, 3.8) is 0 Å². The lowest BCUT2D eigenvalue weighted by Gasteiger charge is -2.26. The molecule has 1 aliphatic carbocycles. The predicted molar refractivity (Wildman–Crippen MR) is 80.7 cm³/mol. The predicted octanol–water partition coefficient (Wildman–Crippen LogP) is 2.84. The lowest BCUT2D eigenvalue weighted by atomic mass is 9.82. The quantitative estimate of drug-likeness (QED) is 0.837. The standard InChI is InChI=1S/C17H21NO3/c1-11-7-9-13(10-8-11)12(2)18-16(19)14-5-3-4-6-15(14)17(20)21/h3-4,7-10,12,14-15H,5-6H2,1-2H3,(H,18,19)(H,20,21)/t12-,14+,15+/m0/s1. The van der Waals surface area contributed by atoms with Crippen LogP contribution < -0.4 is 5.32 Å². The Morgan fingerprint density at radius 3 is 2.29 bits per heavy atom. The van der Waals surface area contributed by atoms with Crippen LogP contribution in [0, 0.1) is 18.8 Å². The van der Waals surface area contributed by atoms with Gasteiger partial charge in [0.05, 0.1) is 17.9 Å². The maximum Gasteiger partial charge on any atom is 0.307 e. The number of aliphatic carboxylic acids is 1. The molecule has 0 radical (unpaired) electrons. The highest BCUT2D eigenvalue weighted by Gasteiger charge is 2.34. The van der Waals surface area contributed by atoms with Crippen LogP contribution in [0.4, 0.5) is 0 Å². The van der Waals surface area contributed by atoms with Gasteiger partial charge in [0, 0.05) is 0 Å². The Kier molecular flexibility index (Phi) is 4.78. The number of allylic oxidation sites excluding steroid dienone is 2. The van der Waals surface area contributed by atoms with E-state index < -0.39 is 17.8 Å². The minimum atomic E-state index is -0.900. The number of carboxylic acid groups (broad SMARTS) is 1. The fraction of sp³-hybridized carbons (Fsp3) is 0.412. The Balaban J connectivity index is 2.04. The minimum Gasteiger partial charge on any atom is -0.481 e. The Morgan fingerprint density at radius 2 is 1.71 bits per heavy atom. The first-order valence-electron chi connectivity index (χ1n) is 7.23. The molecule has 0 aromatic heterocycles. The van der Waals surface area contributed by atoms with Crippen molar-refractivity contribution in [1.29, 1.82) is 0 Å². The summed E-state index contributed by atoms with van der Waals surface area (Å²) >= 11 is 0. The zero-order chi connectivity index (χ0) is 15.4. The maximum absolute atomic E-state index is 12.4. The molecule has 0 aliphatic heterocycles. The number of hydrogen-bond acceptors (Lipinski definition) is 2. The van der Waals surface area contributed by atoms with E-state index in [0.717, 1.165) is 5.56 Å². The molecular formula is C17H21NO3. The monoisotopic (exact) mass is 287 g/mol. The summed E-state index contributed by atoms with van der Waals surface area (Å²) in [5.74, 6) is -2.19. The van der Waals surface area contributed by atoms with Crippen molar-refractivity contribution in [3.8, 4) is 0 Å². The molecule has 1 aliphatic rings. The average molecular weight is 287 g/mol. The minimum absolute atomic E-state index is 0.126. The second kappa shape index (κ2) is 6.57. The van der Waals surface area contributed by atoms with Gasteiger partial charge < -0.3 is 10.4 Å². The molecule has 3 atom stereocenters. The lowest BCUT2D eigenvalue weighted by Crippen LogP contribution is -2.39. The van der Waals surface area contributed by atoms with Gasteiger partial charge in [0.1, 0.15) is 0 Å². The number of amides is 1. The van der Waals surface area contributed by atoms with Crippen LogP contribution in [0.25, 0.3) is 0 Å². The lowest BCUT2D eigenvalue weighted by molar-refractivity contribution is -0.147. The molecule has 2 N–H and O–H groups in total. The van der Waals surface area contributed by atoms with Gasteiger partial charge >= 0.3 is 5.97 Å². The number of benzene rings is 1. The van der Waals surface area contributed by atoms with E-state index in [-0.39, 0.29) is 11.9 Å². The number of hydrogen-bond donors (Lipinski definition) is 2. The Bertz CT molecular complexity index is 548. The van der Waals surface area contributed by atoms with Crippen molar-refractivity contribution in [2.45, 2.75) is 32.7 Å². The molecule has 0 heterocycles. The Labute approximate surface area is 124 Å². The second-order valence-corrected chi connectivity index (χ2v) is 5.63. The van der Waals surface area contributed by atoms with Crippen LogP contribution in [0.1, 0.15) is 36.9 Å². The summed E-state index contributed by atoms with van der Waals surface area (Å²) in [5.41, 5.74) is 2.19. The molecule has 2 rings (SSSR count). The number of rotatable bonds is 4. The first-order valence-corrected chi connectivity index (χ1v) is 7.23. The molecule has 1 amide bonds. The van der Waals surface area contributed by atoms with Crippen molar-refractivity contribution < 1.29 is 14.7 Å². The smallest absolute Gasteiger partial charge is 0.307 e. The van der Waals surface area contributed by atoms with E-state index in [1.807, 2.05) is 50.3 Å². The largest absolute Gasteiger partial charge is 0.481 e. The Hall–Kier alpha value is -2.10. The highest BCUT2D eigenvalue weighted by atomic mass is 16.4. The van der Waals surface area contributed by atoms with Crippen molar-refractivity contribution in [2.24, 2.45) is 11.8 Å². The van der Waals surface area contributed by atoms with Gasteiger partial charge in [-0.3, -0.25) is 9.59 Å². The first kappa shape index (κ1) is 15.3. The molecule has 0 saturated heterocycles. The van der Waals surface area contributed by atoms with E-state index in [9.17, 15) is 14.7 Å². The third-order valence-corrected chi connectivity index (χ3v) is 4.02. The summed E-state index contributed by atoms with van der Waals surface area (Å²) in [4.78, 5) is 23.6. The maximum atomic E-state index is 12.4. The van der Waals surface area contributed by atoms with Gasteiger partial charge in [-0.15, -0.1) is 0 Å². The molecule has 112 valence electrons. The number of carbonyl (C=O) groups excluding carboxylic acids is 1. The molecule has 4 nitrogen and oxygen atoms in total. The number of carbonyl (C=O) groups is 2. The van der Waals surface area contributed by atoms with Crippen molar-refractivity contribution >= 4 is 11.9 Å². The van der Waals surface area contributed by atoms with Gasteiger partial charge in [-0.05, 0) is 32.3 Å². The van der Waals surface area contributed by atoms with Crippen LogP contribution >= 0.6 is 0 Å². The molecule has 0 unspecified atom stereocenters. The van der Waals surface area contributed by atoms with Crippen molar-refractivity contribution in [2.75, 3.05) is 0 Å².